The lowest BCUT2D eigenvalue weighted by Crippen LogP contribution is -2.32. The average Bonchev–Trinajstić information content (AvgIpc) is 2.76. The maximum absolute atomic E-state index is 11.6. The predicted octanol–water partition coefficient (Wildman–Crippen LogP) is 2.49. The molecule has 5 heteroatoms. The molecule has 0 bridgehead atoms. The van der Waals surface area contributed by atoms with Crippen molar-refractivity contribution in [2.75, 3.05) is 0 Å². The molecule has 2 rings (SSSR count). The van der Waals surface area contributed by atoms with Crippen molar-refractivity contribution < 1.29 is 9.53 Å². The molecule has 2 atom stereocenters. The van der Waals surface area contributed by atoms with Crippen molar-refractivity contribution >= 4 is 6.09 Å². The Morgan fingerprint density at radius 2 is 2.28 bits per heavy atom. The second-order valence-electron chi connectivity index (χ2n) is 5.93. The number of alkyl carbamates (subject to hydrolysis) is 1. The zero-order valence-corrected chi connectivity index (χ0v) is 11.4. The van der Waals surface area contributed by atoms with Gasteiger partial charge in [-0.3, -0.25) is 0 Å². The van der Waals surface area contributed by atoms with Crippen molar-refractivity contribution in [3.63, 3.8) is 0 Å². The fraction of sp³-hybridized carbons (Fsp3) is 0.692. The molecule has 0 aromatic carbocycles. The molecule has 2 unspecified atom stereocenters. The van der Waals surface area contributed by atoms with Crippen LogP contribution in [0.5, 0.6) is 0 Å². The number of hydrogen-bond acceptors (Lipinski definition) is 3. The van der Waals surface area contributed by atoms with Crippen LogP contribution >= 0.6 is 0 Å². The molecular formula is C13H21N3O2. The molecule has 1 saturated carbocycles. The summed E-state index contributed by atoms with van der Waals surface area (Å²) < 4.78 is 7.33. The standard InChI is InChI=1S/C13H21N3O2/c1-9-5-11(9)16-8-14-6-10(16)7-15-12(17)18-13(2,3)4/h6,8-9,11H,5,7H2,1-4H3,(H,15,17). The van der Waals surface area contributed by atoms with E-state index in [2.05, 4.69) is 21.8 Å². The molecule has 0 spiro atoms. The van der Waals surface area contributed by atoms with E-state index in [0.717, 1.165) is 5.69 Å². The third-order valence-electron chi connectivity index (χ3n) is 2.98. The fourth-order valence-corrected chi connectivity index (χ4v) is 1.93. The topological polar surface area (TPSA) is 56.2 Å². The molecule has 100 valence electrons. The lowest BCUT2D eigenvalue weighted by atomic mass is 10.2. The molecule has 0 saturated heterocycles. The van der Waals surface area contributed by atoms with Crippen molar-refractivity contribution in [3.05, 3.63) is 18.2 Å². The van der Waals surface area contributed by atoms with Crippen LogP contribution in [-0.4, -0.2) is 21.2 Å². The highest BCUT2D eigenvalue weighted by atomic mass is 16.6. The van der Waals surface area contributed by atoms with Crippen molar-refractivity contribution in [1.29, 1.82) is 0 Å². The van der Waals surface area contributed by atoms with Gasteiger partial charge in [0.2, 0.25) is 0 Å². The molecule has 1 amide bonds. The Balaban J connectivity index is 1.87. The highest BCUT2D eigenvalue weighted by Gasteiger charge is 2.35. The van der Waals surface area contributed by atoms with E-state index in [0.29, 0.717) is 18.5 Å². The summed E-state index contributed by atoms with van der Waals surface area (Å²) in [4.78, 5) is 15.7. The largest absolute Gasteiger partial charge is 0.444 e. The number of carbonyl (C=O) groups excluding carboxylic acids is 1. The molecule has 1 aromatic rings. The second-order valence-corrected chi connectivity index (χ2v) is 5.93. The molecule has 1 aromatic heterocycles. The minimum Gasteiger partial charge on any atom is -0.444 e. The van der Waals surface area contributed by atoms with Gasteiger partial charge in [0.05, 0.1) is 18.6 Å². The maximum atomic E-state index is 11.6. The molecule has 0 radical (unpaired) electrons. The maximum Gasteiger partial charge on any atom is 0.407 e. The molecule has 1 fully saturated rings. The zero-order chi connectivity index (χ0) is 13.3. The summed E-state index contributed by atoms with van der Waals surface area (Å²) in [5, 5.41) is 2.76. The summed E-state index contributed by atoms with van der Waals surface area (Å²) in [6, 6.07) is 0.544. The lowest BCUT2D eigenvalue weighted by molar-refractivity contribution is 0.0522. The van der Waals surface area contributed by atoms with E-state index in [1.54, 1.807) is 6.20 Å². The quantitative estimate of drug-likeness (QED) is 0.898. The summed E-state index contributed by atoms with van der Waals surface area (Å²) in [6.07, 6.45) is 4.43. The second kappa shape index (κ2) is 4.63. The minimum atomic E-state index is -0.463. The summed E-state index contributed by atoms with van der Waals surface area (Å²) in [5.41, 5.74) is 0.560. The molecular weight excluding hydrogens is 230 g/mol. The van der Waals surface area contributed by atoms with Crippen LogP contribution in [0.4, 0.5) is 4.79 Å². The van der Waals surface area contributed by atoms with Gasteiger partial charge in [-0.25, -0.2) is 9.78 Å². The first-order valence-corrected chi connectivity index (χ1v) is 6.34. The van der Waals surface area contributed by atoms with Crippen molar-refractivity contribution in [1.82, 2.24) is 14.9 Å². The number of ether oxygens (including phenoxy) is 1. The van der Waals surface area contributed by atoms with Crippen LogP contribution in [0.3, 0.4) is 0 Å². The highest BCUT2D eigenvalue weighted by Crippen LogP contribution is 2.43. The van der Waals surface area contributed by atoms with Gasteiger partial charge in [-0.2, -0.15) is 0 Å². The smallest absolute Gasteiger partial charge is 0.407 e. The normalized spacial score (nSPS) is 22.7. The highest BCUT2D eigenvalue weighted by molar-refractivity contribution is 5.67. The Morgan fingerprint density at radius 3 is 2.83 bits per heavy atom. The Kier molecular flexibility index (Phi) is 3.32. The third kappa shape index (κ3) is 3.24. The Bertz CT molecular complexity index is 434. The van der Waals surface area contributed by atoms with E-state index >= 15 is 0 Å². The van der Waals surface area contributed by atoms with Gasteiger partial charge in [0.1, 0.15) is 5.60 Å². The molecule has 18 heavy (non-hydrogen) atoms. The van der Waals surface area contributed by atoms with Crippen LogP contribution in [-0.2, 0) is 11.3 Å². The van der Waals surface area contributed by atoms with Gasteiger partial charge in [-0.15, -0.1) is 0 Å². The van der Waals surface area contributed by atoms with Crippen LogP contribution in [0.15, 0.2) is 12.5 Å². The zero-order valence-electron chi connectivity index (χ0n) is 11.4. The van der Waals surface area contributed by atoms with Crippen LogP contribution in [0, 0.1) is 5.92 Å². The number of aromatic nitrogens is 2. The van der Waals surface area contributed by atoms with Crippen molar-refractivity contribution in [3.8, 4) is 0 Å². The van der Waals surface area contributed by atoms with E-state index in [9.17, 15) is 4.79 Å². The number of carbonyl (C=O) groups is 1. The van der Waals surface area contributed by atoms with Crippen LogP contribution in [0.2, 0.25) is 0 Å². The van der Waals surface area contributed by atoms with Gasteiger partial charge in [0.25, 0.3) is 0 Å². The fourth-order valence-electron chi connectivity index (χ4n) is 1.93. The molecule has 1 aliphatic carbocycles. The Morgan fingerprint density at radius 1 is 1.61 bits per heavy atom. The van der Waals surface area contributed by atoms with E-state index in [1.165, 1.54) is 6.42 Å². The lowest BCUT2D eigenvalue weighted by Gasteiger charge is -2.19. The summed E-state index contributed by atoms with van der Waals surface area (Å²) in [7, 11) is 0. The minimum absolute atomic E-state index is 0.390. The summed E-state index contributed by atoms with van der Waals surface area (Å²) in [5.74, 6) is 0.708. The summed E-state index contributed by atoms with van der Waals surface area (Å²) >= 11 is 0. The van der Waals surface area contributed by atoms with Crippen molar-refractivity contribution in [2.24, 2.45) is 5.92 Å². The van der Waals surface area contributed by atoms with Gasteiger partial charge in [-0.05, 0) is 33.1 Å². The number of nitrogens with zero attached hydrogens (tertiary/aromatic N) is 2. The average molecular weight is 251 g/mol. The predicted molar refractivity (Wildman–Crippen MR) is 68.1 cm³/mol. The molecule has 1 aliphatic rings. The molecule has 0 aliphatic heterocycles. The third-order valence-corrected chi connectivity index (χ3v) is 2.98. The van der Waals surface area contributed by atoms with Gasteiger partial charge in [0.15, 0.2) is 0 Å². The van der Waals surface area contributed by atoms with Crippen LogP contribution in [0.1, 0.15) is 45.9 Å². The Labute approximate surface area is 108 Å². The van der Waals surface area contributed by atoms with Gasteiger partial charge < -0.3 is 14.6 Å². The molecule has 1 heterocycles. The van der Waals surface area contributed by atoms with Crippen LogP contribution < -0.4 is 5.32 Å². The van der Waals surface area contributed by atoms with E-state index in [1.807, 2.05) is 27.1 Å². The SMILES string of the molecule is CC1CC1n1cncc1CNC(=O)OC(C)(C)C. The number of amides is 1. The number of imidazole rings is 1. The van der Waals surface area contributed by atoms with E-state index < -0.39 is 5.60 Å². The van der Waals surface area contributed by atoms with Crippen LogP contribution in [0.25, 0.3) is 0 Å². The van der Waals surface area contributed by atoms with Gasteiger partial charge in [0, 0.05) is 12.2 Å². The first-order valence-electron chi connectivity index (χ1n) is 6.34. The van der Waals surface area contributed by atoms with E-state index in [4.69, 9.17) is 4.74 Å². The first-order chi connectivity index (χ1) is 8.37. The van der Waals surface area contributed by atoms with Crippen molar-refractivity contribution in [2.45, 2.75) is 52.3 Å². The number of nitrogens with one attached hydrogen (secondary N) is 1. The van der Waals surface area contributed by atoms with Gasteiger partial charge >= 0.3 is 6.09 Å². The molecule has 5 nitrogen and oxygen atoms in total. The first kappa shape index (κ1) is 12.9. The Hall–Kier alpha value is -1.52. The number of hydrogen-bond donors (Lipinski definition) is 1. The summed E-state index contributed by atoms with van der Waals surface area (Å²) in [6.45, 7) is 8.22. The monoisotopic (exact) mass is 251 g/mol. The van der Waals surface area contributed by atoms with Gasteiger partial charge in [-0.1, -0.05) is 6.92 Å². The van der Waals surface area contributed by atoms with E-state index in [-0.39, 0.29) is 6.09 Å². The number of rotatable bonds is 3. The molecule has 1 N–H and O–H groups in total.